The maximum atomic E-state index is 13.1. The van der Waals surface area contributed by atoms with Crippen LogP contribution in [0.5, 0.6) is 0 Å². The molecular formula is C27H39N5O3. The van der Waals surface area contributed by atoms with Crippen molar-refractivity contribution in [1.29, 1.82) is 0 Å². The summed E-state index contributed by atoms with van der Waals surface area (Å²) >= 11 is 0. The minimum Gasteiger partial charge on any atom is -0.357 e. The van der Waals surface area contributed by atoms with Crippen molar-refractivity contribution in [2.75, 3.05) is 33.2 Å². The van der Waals surface area contributed by atoms with Gasteiger partial charge < -0.3 is 20.3 Å². The summed E-state index contributed by atoms with van der Waals surface area (Å²) in [4.78, 5) is 39.4. The predicted octanol–water partition coefficient (Wildman–Crippen LogP) is 2.32. The molecule has 35 heavy (non-hydrogen) atoms. The highest BCUT2D eigenvalue weighted by molar-refractivity contribution is 5.84. The van der Waals surface area contributed by atoms with Gasteiger partial charge in [0.2, 0.25) is 5.91 Å². The molecule has 3 fully saturated rings. The number of rotatable bonds is 7. The standard InChI is InChI=1S/C27H39N5O3/c1-28-25(34)23(4-3-15-33)32-22-6-5-20(16-24(22)30(2)26(32)35)19-9-13-31(14-10-19)21-7-11-27(12-8-21)17-29-18-27/h5-6,15-16,19,21,23,29H,3-4,7-14,17-18H2,1-2H3,(H,28,34). The number of hydrogen-bond donors (Lipinski definition) is 2. The Balaban J connectivity index is 1.30. The van der Waals surface area contributed by atoms with E-state index in [1.54, 1.807) is 23.2 Å². The number of imidazole rings is 1. The van der Waals surface area contributed by atoms with E-state index in [0.29, 0.717) is 17.8 Å². The Kier molecular flexibility index (Phi) is 6.86. The summed E-state index contributed by atoms with van der Waals surface area (Å²) in [6.45, 7) is 4.72. The van der Waals surface area contributed by atoms with Crippen molar-refractivity contribution in [3.63, 3.8) is 0 Å². The van der Waals surface area contributed by atoms with E-state index in [4.69, 9.17) is 0 Å². The highest BCUT2D eigenvalue weighted by atomic mass is 16.2. The molecule has 1 amide bonds. The summed E-state index contributed by atoms with van der Waals surface area (Å²) in [6.07, 6.45) is 9.04. The Morgan fingerprint density at radius 1 is 1.17 bits per heavy atom. The van der Waals surface area contributed by atoms with Gasteiger partial charge in [0.1, 0.15) is 12.3 Å². The third kappa shape index (κ3) is 4.47. The van der Waals surface area contributed by atoms with Crippen LogP contribution in [0.3, 0.4) is 0 Å². The zero-order valence-electron chi connectivity index (χ0n) is 21.1. The molecule has 1 spiro atoms. The Bertz CT molecular complexity index is 1130. The molecule has 2 saturated heterocycles. The van der Waals surface area contributed by atoms with Crippen LogP contribution in [-0.4, -0.2) is 65.5 Å². The number of carbonyl (C=O) groups excluding carboxylic acids is 2. The molecule has 8 heteroatoms. The summed E-state index contributed by atoms with van der Waals surface area (Å²) < 4.78 is 3.19. The molecule has 2 aromatic rings. The minimum atomic E-state index is -0.694. The molecule has 3 heterocycles. The Labute approximate surface area is 207 Å². The SMILES string of the molecule is CNC(=O)C(CCC=O)n1c(=O)n(C)c2cc(C3CCN(C4CCC5(CC4)CNC5)CC3)ccc21. The number of carbonyl (C=O) groups is 2. The number of nitrogens with zero attached hydrogens (tertiary/aromatic N) is 3. The number of amides is 1. The monoisotopic (exact) mass is 481 g/mol. The highest BCUT2D eigenvalue weighted by Crippen LogP contribution is 2.42. The first-order chi connectivity index (χ1) is 17.0. The second-order valence-electron chi connectivity index (χ2n) is 11.0. The van der Waals surface area contributed by atoms with Crippen molar-refractivity contribution < 1.29 is 9.59 Å². The van der Waals surface area contributed by atoms with E-state index in [2.05, 4.69) is 27.7 Å². The second-order valence-corrected chi connectivity index (χ2v) is 11.0. The van der Waals surface area contributed by atoms with Crippen molar-refractivity contribution in [2.24, 2.45) is 12.5 Å². The van der Waals surface area contributed by atoms with Crippen molar-refractivity contribution in [1.82, 2.24) is 24.7 Å². The van der Waals surface area contributed by atoms with Crippen LogP contribution >= 0.6 is 0 Å². The van der Waals surface area contributed by atoms with Crippen LogP contribution in [0.1, 0.15) is 68.9 Å². The minimum absolute atomic E-state index is 0.219. The summed E-state index contributed by atoms with van der Waals surface area (Å²) in [6, 6.07) is 6.31. The number of nitrogens with one attached hydrogen (secondary N) is 2. The van der Waals surface area contributed by atoms with Gasteiger partial charge >= 0.3 is 5.69 Å². The highest BCUT2D eigenvalue weighted by Gasteiger charge is 2.41. The largest absolute Gasteiger partial charge is 0.357 e. The summed E-state index contributed by atoms with van der Waals surface area (Å²) in [5.41, 5.74) is 3.27. The zero-order valence-corrected chi connectivity index (χ0v) is 21.1. The van der Waals surface area contributed by atoms with Crippen LogP contribution < -0.4 is 16.3 Å². The lowest BCUT2D eigenvalue weighted by atomic mass is 9.68. The Hall–Kier alpha value is -2.45. The summed E-state index contributed by atoms with van der Waals surface area (Å²) in [7, 11) is 3.33. The maximum Gasteiger partial charge on any atom is 0.329 e. The van der Waals surface area contributed by atoms with E-state index in [-0.39, 0.29) is 18.0 Å². The molecule has 8 nitrogen and oxygen atoms in total. The van der Waals surface area contributed by atoms with Gasteiger partial charge in [-0.15, -0.1) is 0 Å². The molecule has 1 aromatic carbocycles. The average Bonchev–Trinajstić information content (AvgIpc) is 3.12. The smallest absolute Gasteiger partial charge is 0.329 e. The number of aldehydes is 1. The van der Waals surface area contributed by atoms with Gasteiger partial charge in [-0.05, 0) is 87.1 Å². The normalized spacial score (nSPS) is 22.2. The first-order valence-corrected chi connectivity index (χ1v) is 13.3. The van der Waals surface area contributed by atoms with Crippen LogP contribution in [0.25, 0.3) is 11.0 Å². The Morgan fingerprint density at radius 3 is 2.49 bits per heavy atom. The second kappa shape index (κ2) is 9.90. The number of likely N-dealkylation sites (N-methyl/N-ethyl adjacent to an activating group) is 1. The lowest BCUT2D eigenvalue weighted by Gasteiger charge is -2.50. The van der Waals surface area contributed by atoms with Crippen molar-refractivity contribution in [3.05, 3.63) is 34.2 Å². The lowest BCUT2D eigenvalue weighted by Crippen LogP contribution is -2.57. The van der Waals surface area contributed by atoms with E-state index >= 15 is 0 Å². The third-order valence-electron chi connectivity index (χ3n) is 9.07. The van der Waals surface area contributed by atoms with E-state index in [0.717, 1.165) is 49.3 Å². The molecule has 3 aliphatic rings. The van der Waals surface area contributed by atoms with Crippen LogP contribution in [0, 0.1) is 5.41 Å². The first kappa shape index (κ1) is 24.3. The number of likely N-dealkylation sites (tertiary alicyclic amines) is 1. The van der Waals surface area contributed by atoms with E-state index in [9.17, 15) is 14.4 Å². The van der Waals surface area contributed by atoms with Gasteiger partial charge in [-0.2, -0.15) is 0 Å². The van der Waals surface area contributed by atoms with E-state index < -0.39 is 6.04 Å². The van der Waals surface area contributed by atoms with E-state index in [1.807, 2.05) is 6.07 Å². The molecule has 1 atom stereocenters. The van der Waals surface area contributed by atoms with Crippen LogP contribution in [0.15, 0.2) is 23.0 Å². The van der Waals surface area contributed by atoms with Crippen LogP contribution in [-0.2, 0) is 16.6 Å². The van der Waals surface area contributed by atoms with Gasteiger partial charge in [-0.3, -0.25) is 13.9 Å². The third-order valence-corrected chi connectivity index (χ3v) is 9.07. The average molecular weight is 482 g/mol. The Morgan fingerprint density at radius 2 is 1.89 bits per heavy atom. The first-order valence-electron chi connectivity index (χ1n) is 13.3. The number of piperidine rings is 1. The molecule has 1 saturated carbocycles. The number of benzene rings is 1. The molecule has 5 rings (SSSR count). The molecular weight excluding hydrogens is 442 g/mol. The van der Waals surface area contributed by atoms with E-state index in [1.165, 1.54) is 44.3 Å². The zero-order chi connectivity index (χ0) is 24.6. The topological polar surface area (TPSA) is 88.4 Å². The molecule has 1 aliphatic carbocycles. The van der Waals surface area contributed by atoms with Gasteiger partial charge in [-0.25, -0.2) is 4.79 Å². The van der Waals surface area contributed by atoms with Crippen molar-refractivity contribution >= 4 is 23.2 Å². The molecule has 1 aromatic heterocycles. The van der Waals surface area contributed by atoms with Crippen molar-refractivity contribution in [3.8, 4) is 0 Å². The fraction of sp³-hybridized carbons (Fsp3) is 0.667. The van der Waals surface area contributed by atoms with Crippen LogP contribution in [0.2, 0.25) is 0 Å². The van der Waals surface area contributed by atoms with Gasteiger partial charge in [0.15, 0.2) is 0 Å². The quantitative estimate of drug-likeness (QED) is 0.593. The summed E-state index contributed by atoms with van der Waals surface area (Å²) in [5.74, 6) is 0.241. The van der Waals surface area contributed by atoms with Gasteiger partial charge in [0, 0.05) is 39.6 Å². The maximum absolute atomic E-state index is 13.1. The number of aryl methyl sites for hydroxylation is 1. The molecule has 2 aliphatic heterocycles. The van der Waals surface area contributed by atoms with Gasteiger partial charge in [-0.1, -0.05) is 6.07 Å². The molecule has 0 radical (unpaired) electrons. The molecule has 1 unspecified atom stereocenters. The summed E-state index contributed by atoms with van der Waals surface area (Å²) in [5, 5.41) is 6.11. The number of hydrogen-bond acceptors (Lipinski definition) is 5. The molecule has 190 valence electrons. The molecule has 0 bridgehead atoms. The van der Waals surface area contributed by atoms with Crippen molar-refractivity contribution in [2.45, 2.75) is 69.4 Å². The fourth-order valence-corrected chi connectivity index (χ4v) is 6.72. The fourth-order valence-electron chi connectivity index (χ4n) is 6.72. The van der Waals surface area contributed by atoms with Gasteiger partial charge in [0.25, 0.3) is 0 Å². The number of fused-ring (bicyclic) bond motifs is 1. The predicted molar refractivity (Wildman–Crippen MR) is 137 cm³/mol. The lowest BCUT2D eigenvalue weighted by molar-refractivity contribution is -0.124. The van der Waals surface area contributed by atoms with Crippen LogP contribution in [0.4, 0.5) is 0 Å². The number of aromatic nitrogens is 2. The molecule has 2 N–H and O–H groups in total. The van der Waals surface area contributed by atoms with Gasteiger partial charge in [0.05, 0.1) is 11.0 Å².